The van der Waals surface area contributed by atoms with Crippen molar-refractivity contribution >= 4 is 5.78 Å². The minimum absolute atomic E-state index is 0.0812. The van der Waals surface area contributed by atoms with Gasteiger partial charge in [0.1, 0.15) is 5.75 Å². The normalized spacial score (nSPS) is 22.7. The SMILES string of the molecule is O=C1C2=CC([N+](=O)[O-])=C3NCCCN3C2Oc2ccccc21. The van der Waals surface area contributed by atoms with Gasteiger partial charge in [-0.25, -0.2) is 0 Å². The zero-order valence-electron chi connectivity index (χ0n) is 11.6. The van der Waals surface area contributed by atoms with E-state index in [1.165, 1.54) is 6.08 Å². The van der Waals surface area contributed by atoms with Gasteiger partial charge in [-0.15, -0.1) is 0 Å². The minimum atomic E-state index is -0.603. The molecule has 1 aromatic carbocycles. The summed E-state index contributed by atoms with van der Waals surface area (Å²) in [5, 5.41) is 14.4. The van der Waals surface area contributed by atoms with Crippen LogP contribution in [0.25, 0.3) is 0 Å². The van der Waals surface area contributed by atoms with Crippen LogP contribution < -0.4 is 10.1 Å². The van der Waals surface area contributed by atoms with E-state index in [0.29, 0.717) is 35.8 Å². The number of para-hydroxylation sites is 1. The summed E-state index contributed by atoms with van der Waals surface area (Å²) < 4.78 is 5.94. The lowest BCUT2D eigenvalue weighted by Gasteiger charge is -2.42. The molecule has 3 heterocycles. The van der Waals surface area contributed by atoms with Gasteiger partial charge in [-0.1, -0.05) is 12.1 Å². The molecular formula is C15H13N3O4. The summed E-state index contributed by atoms with van der Waals surface area (Å²) in [6.07, 6.45) is 1.57. The average molecular weight is 299 g/mol. The Kier molecular flexibility index (Phi) is 2.69. The van der Waals surface area contributed by atoms with Crippen LogP contribution in [0, 0.1) is 10.1 Å². The molecule has 7 nitrogen and oxygen atoms in total. The fourth-order valence-corrected chi connectivity index (χ4v) is 3.07. The van der Waals surface area contributed by atoms with E-state index in [-0.39, 0.29) is 11.5 Å². The van der Waals surface area contributed by atoms with Crippen LogP contribution in [0.3, 0.4) is 0 Å². The number of hydrogen-bond donors (Lipinski definition) is 1. The van der Waals surface area contributed by atoms with Crippen LogP contribution in [0.4, 0.5) is 0 Å². The number of nitrogens with one attached hydrogen (secondary N) is 1. The van der Waals surface area contributed by atoms with Crippen LogP contribution >= 0.6 is 0 Å². The Bertz CT molecular complexity index is 753. The standard InChI is InChI=1S/C15H13N3O4/c19-13-9-4-1-2-5-12(9)22-15-10(13)8-11(18(20)21)14-16-6-3-7-17(14)15/h1-2,4-5,8,15-16H,3,6-7H2. The lowest BCUT2D eigenvalue weighted by Crippen LogP contribution is -2.53. The monoisotopic (exact) mass is 299 g/mol. The van der Waals surface area contributed by atoms with E-state index < -0.39 is 11.2 Å². The number of rotatable bonds is 1. The Hall–Kier alpha value is -2.83. The van der Waals surface area contributed by atoms with Crippen molar-refractivity contribution in [2.45, 2.75) is 12.6 Å². The first kappa shape index (κ1) is 12.9. The number of Topliss-reactive ketones (excluding diaryl/α,β-unsaturated/α-hetero) is 1. The third-order valence-corrected chi connectivity index (χ3v) is 4.07. The maximum absolute atomic E-state index is 12.7. The highest BCUT2D eigenvalue weighted by molar-refractivity contribution is 6.12. The lowest BCUT2D eigenvalue weighted by molar-refractivity contribution is -0.422. The van der Waals surface area contributed by atoms with Gasteiger partial charge in [-0.3, -0.25) is 14.9 Å². The van der Waals surface area contributed by atoms with E-state index in [0.717, 1.165) is 6.42 Å². The summed E-state index contributed by atoms with van der Waals surface area (Å²) in [6, 6.07) is 6.97. The number of hydrogen-bond acceptors (Lipinski definition) is 6. The second-order valence-corrected chi connectivity index (χ2v) is 5.36. The first-order valence-corrected chi connectivity index (χ1v) is 7.08. The number of ether oxygens (including phenoxy) is 1. The third-order valence-electron chi connectivity index (χ3n) is 4.07. The predicted molar refractivity (Wildman–Crippen MR) is 76.6 cm³/mol. The van der Waals surface area contributed by atoms with Crippen molar-refractivity contribution in [3.05, 3.63) is 63.1 Å². The highest BCUT2D eigenvalue weighted by atomic mass is 16.6. The molecule has 1 N–H and O–H groups in total. The Labute approximate surface area is 126 Å². The van der Waals surface area contributed by atoms with Crippen LogP contribution in [-0.4, -0.2) is 34.9 Å². The van der Waals surface area contributed by atoms with Crippen LogP contribution in [0.15, 0.2) is 47.4 Å². The largest absolute Gasteiger partial charge is 0.465 e. The number of allylic oxidation sites excluding steroid dienone is 1. The summed E-state index contributed by atoms with van der Waals surface area (Å²) in [5.41, 5.74) is 0.682. The van der Waals surface area contributed by atoms with E-state index in [9.17, 15) is 14.9 Å². The summed E-state index contributed by atoms with van der Waals surface area (Å²) >= 11 is 0. The molecule has 7 heteroatoms. The topological polar surface area (TPSA) is 84.7 Å². The van der Waals surface area contributed by atoms with E-state index >= 15 is 0 Å². The Morgan fingerprint density at radius 1 is 1.36 bits per heavy atom. The zero-order valence-corrected chi connectivity index (χ0v) is 11.6. The molecule has 0 aromatic heterocycles. The number of fused-ring (bicyclic) bond motifs is 4. The first-order chi connectivity index (χ1) is 10.7. The molecule has 1 atom stereocenters. The fourth-order valence-electron chi connectivity index (χ4n) is 3.07. The molecule has 1 unspecified atom stereocenters. The maximum atomic E-state index is 12.7. The van der Waals surface area contributed by atoms with Crippen molar-refractivity contribution in [1.29, 1.82) is 0 Å². The van der Waals surface area contributed by atoms with Crippen molar-refractivity contribution in [3.63, 3.8) is 0 Å². The molecule has 0 aliphatic carbocycles. The molecule has 4 rings (SSSR count). The van der Waals surface area contributed by atoms with Crippen molar-refractivity contribution in [2.24, 2.45) is 0 Å². The lowest BCUT2D eigenvalue weighted by atomic mass is 9.94. The quantitative estimate of drug-likeness (QED) is 0.621. The first-order valence-electron chi connectivity index (χ1n) is 7.08. The molecule has 1 saturated heterocycles. The molecule has 0 saturated carbocycles. The number of carbonyl (C=O) groups excluding carboxylic acids is 1. The van der Waals surface area contributed by atoms with E-state index in [4.69, 9.17) is 4.74 Å². The van der Waals surface area contributed by atoms with Gasteiger partial charge in [0.25, 0.3) is 0 Å². The van der Waals surface area contributed by atoms with E-state index in [1.54, 1.807) is 29.2 Å². The summed E-state index contributed by atoms with van der Waals surface area (Å²) in [5.74, 6) is 0.733. The molecule has 0 amide bonds. The van der Waals surface area contributed by atoms with Gasteiger partial charge in [-0.05, 0) is 18.6 Å². The molecule has 0 radical (unpaired) electrons. The van der Waals surface area contributed by atoms with Gasteiger partial charge < -0.3 is 15.0 Å². The summed E-state index contributed by atoms with van der Waals surface area (Å²) in [7, 11) is 0. The molecule has 0 spiro atoms. The molecule has 1 fully saturated rings. The molecule has 22 heavy (non-hydrogen) atoms. The van der Waals surface area contributed by atoms with Gasteiger partial charge in [0, 0.05) is 19.2 Å². The molecule has 0 bridgehead atoms. The molecule has 3 aliphatic heterocycles. The number of nitrogens with zero attached hydrogens (tertiary/aromatic N) is 2. The zero-order chi connectivity index (χ0) is 15.3. The fraction of sp³-hybridized carbons (Fsp3) is 0.267. The second kappa shape index (κ2) is 4.59. The van der Waals surface area contributed by atoms with Gasteiger partial charge >= 0.3 is 5.70 Å². The van der Waals surface area contributed by atoms with Crippen molar-refractivity contribution in [1.82, 2.24) is 10.2 Å². The van der Waals surface area contributed by atoms with Crippen LogP contribution in [0.1, 0.15) is 16.8 Å². The van der Waals surface area contributed by atoms with E-state index in [2.05, 4.69) is 5.32 Å². The van der Waals surface area contributed by atoms with Crippen LogP contribution in [0.2, 0.25) is 0 Å². The highest BCUT2D eigenvalue weighted by Gasteiger charge is 2.43. The summed E-state index contributed by atoms with van der Waals surface area (Å²) in [6.45, 7) is 1.28. The Balaban J connectivity index is 1.88. The highest BCUT2D eigenvalue weighted by Crippen LogP contribution is 2.37. The number of carbonyl (C=O) groups is 1. The average Bonchev–Trinajstić information content (AvgIpc) is 2.54. The van der Waals surface area contributed by atoms with Gasteiger partial charge in [-0.2, -0.15) is 0 Å². The smallest absolute Gasteiger partial charge is 0.309 e. The van der Waals surface area contributed by atoms with Crippen LogP contribution in [-0.2, 0) is 0 Å². The number of ketones is 1. The second-order valence-electron chi connectivity index (χ2n) is 5.36. The van der Waals surface area contributed by atoms with Gasteiger partial charge in [0.15, 0.2) is 11.6 Å². The Morgan fingerprint density at radius 3 is 3.00 bits per heavy atom. The summed E-state index contributed by atoms with van der Waals surface area (Å²) in [4.78, 5) is 25.3. The van der Waals surface area contributed by atoms with Gasteiger partial charge in [0.05, 0.1) is 16.1 Å². The molecule has 3 aliphatic rings. The Morgan fingerprint density at radius 2 is 2.18 bits per heavy atom. The van der Waals surface area contributed by atoms with Crippen LogP contribution in [0.5, 0.6) is 5.75 Å². The number of nitro groups is 1. The third kappa shape index (κ3) is 1.71. The molecular weight excluding hydrogens is 286 g/mol. The molecule has 1 aromatic rings. The predicted octanol–water partition coefficient (Wildman–Crippen LogP) is 1.27. The van der Waals surface area contributed by atoms with Crippen molar-refractivity contribution < 1.29 is 14.5 Å². The number of benzene rings is 1. The van der Waals surface area contributed by atoms with E-state index in [1.807, 2.05) is 0 Å². The van der Waals surface area contributed by atoms with Crippen molar-refractivity contribution in [3.8, 4) is 5.75 Å². The molecule has 112 valence electrons. The van der Waals surface area contributed by atoms with Gasteiger partial charge in [0.2, 0.25) is 6.23 Å². The maximum Gasteiger partial charge on any atom is 0.309 e. The minimum Gasteiger partial charge on any atom is -0.465 e. The van der Waals surface area contributed by atoms with Crippen molar-refractivity contribution in [2.75, 3.05) is 13.1 Å².